The number of hydrogen-bond donors (Lipinski definition) is 2. The van der Waals surface area contributed by atoms with Gasteiger partial charge in [-0.3, -0.25) is 14.4 Å². The summed E-state index contributed by atoms with van der Waals surface area (Å²) >= 11 is 0. The highest BCUT2D eigenvalue weighted by Crippen LogP contribution is 1.76. The number of hydrogen-bond acceptors (Lipinski definition) is 4. The predicted octanol–water partition coefficient (Wildman–Crippen LogP) is -2.17. The van der Waals surface area contributed by atoms with E-state index in [0.29, 0.717) is 0 Å². The van der Waals surface area contributed by atoms with Gasteiger partial charge in [0, 0.05) is 14.1 Å². The molecule has 15 heavy (non-hydrogen) atoms. The van der Waals surface area contributed by atoms with Crippen molar-refractivity contribution in [1.29, 1.82) is 5.26 Å². The Morgan fingerprint density at radius 3 is 2.20 bits per heavy atom. The molecule has 0 radical (unpaired) electrons. The quantitative estimate of drug-likeness (QED) is 0.410. The Hall–Kier alpha value is -2.10. The van der Waals surface area contributed by atoms with E-state index in [-0.39, 0.29) is 19.0 Å². The normalized spacial score (nSPS) is 8.60. The topological polar surface area (TPSA) is 102 Å². The molecule has 82 valence electrons. The van der Waals surface area contributed by atoms with Crippen LogP contribution in [0.25, 0.3) is 0 Å². The first kappa shape index (κ1) is 12.9. The van der Waals surface area contributed by atoms with Crippen molar-refractivity contribution in [2.45, 2.75) is 0 Å². The second kappa shape index (κ2) is 6.37. The average Bonchev–Trinajstić information content (AvgIpc) is 2.21. The van der Waals surface area contributed by atoms with Gasteiger partial charge in [-0.1, -0.05) is 0 Å². The third-order valence-electron chi connectivity index (χ3n) is 1.43. The molecular weight excluding hydrogens is 200 g/mol. The molecule has 2 N–H and O–H groups in total. The van der Waals surface area contributed by atoms with Gasteiger partial charge in [0.1, 0.15) is 6.54 Å². The van der Waals surface area contributed by atoms with E-state index in [4.69, 9.17) is 5.26 Å². The average molecular weight is 212 g/mol. The molecule has 0 spiro atoms. The van der Waals surface area contributed by atoms with Crippen LogP contribution in [0.3, 0.4) is 0 Å². The van der Waals surface area contributed by atoms with E-state index >= 15 is 0 Å². The summed E-state index contributed by atoms with van der Waals surface area (Å²) in [5.74, 6) is -2.18. The van der Waals surface area contributed by atoms with Gasteiger partial charge in [-0.2, -0.15) is 5.26 Å². The lowest BCUT2D eigenvalue weighted by Crippen LogP contribution is -2.44. The molecule has 0 fully saturated rings. The fraction of sp³-hybridized carbons (Fsp3) is 0.500. The molecule has 0 aliphatic heterocycles. The van der Waals surface area contributed by atoms with Gasteiger partial charge in [-0.05, 0) is 0 Å². The molecule has 0 rings (SSSR count). The molecular formula is C8H12N4O3. The van der Waals surface area contributed by atoms with E-state index in [2.05, 4.69) is 5.32 Å². The standard InChI is InChI=1S/C8H12N4O3/c1-12(2)6(13)5-11-8(15)7(14)10-4-3-9/h4-5H2,1-2H3,(H,10,14)(H,11,15). The number of nitriles is 1. The molecule has 0 atom stereocenters. The Morgan fingerprint density at radius 2 is 1.73 bits per heavy atom. The van der Waals surface area contributed by atoms with Crippen LogP contribution < -0.4 is 10.6 Å². The van der Waals surface area contributed by atoms with E-state index < -0.39 is 11.8 Å². The van der Waals surface area contributed by atoms with Gasteiger partial charge in [-0.25, -0.2) is 0 Å². The van der Waals surface area contributed by atoms with Crippen molar-refractivity contribution in [3.05, 3.63) is 0 Å². The second-order valence-electron chi connectivity index (χ2n) is 2.81. The Morgan fingerprint density at radius 1 is 1.20 bits per heavy atom. The first-order chi connectivity index (χ1) is 6.99. The summed E-state index contributed by atoms with van der Waals surface area (Å²) in [5, 5.41) is 12.3. The summed E-state index contributed by atoms with van der Waals surface area (Å²) < 4.78 is 0. The molecule has 7 nitrogen and oxygen atoms in total. The fourth-order valence-electron chi connectivity index (χ4n) is 0.594. The molecule has 0 saturated heterocycles. The third-order valence-corrected chi connectivity index (χ3v) is 1.43. The summed E-state index contributed by atoms with van der Waals surface area (Å²) in [4.78, 5) is 34.2. The van der Waals surface area contributed by atoms with Gasteiger partial charge in [-0.15, -0.1) is 0 Å². The Bertz CT molecular complexity index is 305. The highest BCUT2D eigenvalue weighted by Gasteiger charge is 2.14. The van der Waals surface area contributed by atoms with Crippen molar-refractivity contribution in [3.8, 4) is 6.07 Å². The lowest BCUT2D eigenvalue weighted by molar-refractivity contribution is -0.140. The molecule has 0 aliphatic rings. The van der Waals surface area contributed by atoms with Crippen molar-refractivity contribution >= 4 is 17.7 Å². The summed E-state index contributed by atoms with van der Waals surface area (Å²) in [7, 11) is 3.06. The molecule has 0 unspecified atom stereocenters. The minimum Gasteiger partial charge on any atom is -0.347 e. The van der Waals surface area contributed by atoms with Crippen LogP contribution in [0.15, 0.2) is 0 Å². The summed E-state index contributed by atoms with van der Waals surface area (Å²) in [6, 6.07) is 1.65. The lowest BCUT2D eigenvalue weighted by Gasteiger charge is -2.10. The summed E-state index contributed by atoms with van der Waals surface area (Å²) in [5.41, 5.74) is 0. The van der Waals surface area contributed by atoms with Crippen LogP contribution in [0.1, 0.15) is 0 Å². The van der Waals surface area contributed by atoms with Crippen LogP contribution in [-0.4, -0.2) is 49.8 Å². The fourth-order valence-corrected chi connectivity index (χ4v) is 0.594. The highest BCUT2D eigenvalue weighted by atomic mass is 16.2. The van der Waals surface area contributed by atoms with Crippen LogP contribution >= 0.6 is 0 Å². The first-order valence-corrected chi connectivity index (χ1v) is 4.12. The number of amides is 3. The maximum atomic E-state index is 11.0. The van der Waals surface area contributed by atoms with Crippen molar-refractivity contribution in [1.82, 2.24) is 15.5 Å². The third kappa shape index (κ3) is 5.25. The Kier molecular flexibility index (Phi) is 5.48. The van der Waals surface area contributed by atoms with E-state index in [9.17, 15) is 14.4 Å². The van der Waals surface area contributed by atoms with Gasteiger partial charge in [0.15, 0.2) is 0 Å². The van der Waals surface area contributed by atoms with E-state index in [0.717, 1.165) is 0 Å². The second-order valence-corrected chi connectivity index (χ2v) is 2.81. The van der Waals surface area contributed by atoms with E-state index in [1.165, 1.54) is 19.0 Å². The number of carbonyl (C=O) groups excluding carboxylic acids is 3. The number of likely N-dealkylation sites (N-methyl/N-ethyl adjacent to an activating group) is 1. The zero-order valence-corrected chi connectivity index (χ0v) is 8.53. The Balaban J connectivity index is 3.89. The van der Waals surface area contributed by atoms with Crippen LogP contribution in [0, 0.1) is 11.3 Å². The number of rotatable bonds is 3. The van der Waals surface area contributed by atoms with E-state index in [1.807, 2.05) is 5.32 Å². The Labute approximate surface area is 87.0 Å². The minimum absolute atomic E-state index is 0.242. The molecule has 0 aromatic rings. The van der Waals surface area contributed by atoms with Gasteiger partial charge in [0.2, 0.25) is 5.91 Å². The summed E-state index contributed by atoms with van der Waals surface area (Å²) in [6.45, 7) is -0.486. The van der Waals surface area contributed by atoms with Crippen molar-refractivity contribution < 1.29 is 14.4 Å². The first-order valence-electron chi connectivity index (χ1n) is 4.12. The van der Waals surface area contributed by atoms with Gasteiger partial charge in [0.25, 0.3) is 0 Å². The number of nitrogens with zero attached hydrogens (tertiary/aromatic N) is 2. The van der Waals surface area contributed by atoms with Crippen molar-refractivity contribution in [3.63, 3.8) is 0 Å². The number of carbonyl (C=O) groups is 3. The van der Waals surface area contributed by atoms with Crippen LogP contribution in [0.4, 0.5) is 0 Å². The largest absolute Gasteiger partial charge is 0.347 e. The lowest BCUT2D eigenvalue weighted by atomic mass is 10.4. The highest BCUT2D eigenvalue weighted by molar-refractivity contribution is 6.35. The molecule has 0 heterocycles. The van der Waals surface area contributed by atoms with Crippen LogP contribution in [-0.2, 0) is 14.4 Å². The van der Waals surface area contributed by atoms with Crippen molar-refractivity contribution in [2.24, 2.45) is 0 Å². The molecule has 0 aromatic carbocycles. The zero-order chi connectivity index (χ0) is 11.8. The molecule has 3 amide bonds. The molecule has 0 bridgehead atoms. The maximum absolute atomic E-state index is 11.0. The number of nitrogens with one attached hydrogen (secondary N) is 2. The molecule has 0 saturated carbocycles. The van der Waals surface area contributed by atoms with Crippen LogP contribution in [0.2, 0.25) is 0 Å². The minimum atomic E-state index is -0.930. The SMILES string of the molecule is CN(C)C(=O)CNC(=O)C(=O)NCC#N. The zero-order valence-electron chi connectivity index (χ0n) is 8.53. The molecule has 0 aliphatic carbocycles. The van der Waals surface area contributed by atoms with Gasteiger partial charge >= 0.3 is 11.8 Å². The van der Waals surface area contributed by atoms with Gasteiger partial charge in [0.05, 0.1) is 12.6 Å². The summed E-state index contributed by atoms with van der Waals surface area (Å²) in [6.07, 6.45) is 0. The van der Waals surface area contributed by atoms with Crippen molar-refractivity contribution in [2.75, 3.05) is 27.2 Å². The van der Waals surface area contributed by atoms with Crippen LogP contribution in [0.5, 0.6) is 0 Å². The smallest absolute Gasteiger partial charge is 0.310 e. The monoisotopic (exact) mass is 212 g/mol. The van der Waals surface area contributed by atoms with E-state index in [1.54, 1.807) is 6.07 Å². The van der Waals surface area contributed by atoms with Gasteiger partial charge < -0.3 is 15.5 Å². The predicted molar refractivity (Wildman–Crippen MR) is 50.3 cm³/mol. The molecule has 7 heteroatoms. The molecule has 0 aromatic heterocycles. The maximum Gasteiger partial charge on any atom is 0.310 e.